The Morgan fingerprint density at radius 2 is 1.90 bits per heavy atom. The van der Waals surface area contributed by atoms with Crippen molar-refractivity contribution < 1.29 is 4.79 Å². The molecule has 3 heteroatoms. The molecule has 1 aliphatic rings. The van der Waals surface area contributed by atoms with Crippen LogP contribution in [0.4, 0.5) is 0 Å². The van der Waals surface area contributed by atoms with Gasteiger partial charge in [0.15, 0.2) is 0 Å². The van der Waals surface area contributed by atoms with Crippen molar-refractivity contribution in [3.63, 3.8) is 0 Å². The predicted molar refractivity (Wildman–Crippen MR) is 88.1 cm³/mol. The number of rotatable bonds is 7. The van der Waals surface area contributed by atoms with Crippen LogP contribution >= 0.6 is 0 Å². The summed E-state index contributed by atoms with van der Waals surface area (Å²) in [4.78, 5) is 14.2. The highest BCUT2D eigenvalue weighted by Crippen LogP contribution is 2.08. The lowest BCUT2D eigenvalue weighted by Crippen LogP contribution is -2.24. The van der Waals surface area contributed by atoms with Gasteiger partial charge in [-0.3, -0.25) is 4.79 Å². The van der Waals surface area contributed by atoms with E-state index in [1.54, 1.807) is 6.08 Å². The monoisotopic (exact) mass is 286 g/mol. The largest absolute Gasteiger partial charge is 0.353 e. The number of carbonyl (C=O) groups excluding carboxylic acids is 1. The summed E-state index contributed by atoms with van der Waals surface area (Å²) in [7, 11) is 0. The number of aryl methyl sites for hydroxylation is 1. The molecule has 1 aromatic carbocycles. The van der Waals surface area contributed by atoms with Crippen molar-refractivity contribution in [1.29, 1.82) is 0 Å². The number of benzene rings is 1. The minimum Gasteiger partial charge on any atom is -0.353 e. The highest BCUT2D eigenvalue weighted by Gasteiger charge is 2.09. The van der Waals surface area contributed by atoms with Crippen LogP contribution < -0.4 is 5.32 Å². The molecule has 1 heterocycles. The van der Waals surface area contributed by atoms with E-state index in [0.717, 1.165) is 18.5 Å². The van der Waals surface area contributed by atoms with Crippen LogP contribution in [0.5, 0.6) is 0 Å². The third-order valence-electron chi connectivity index (χ3n) is 3.90. The average Bonchev–Trinajstić information content (AvgIpc) is 2.99. The first-order chi connectivity index (χ1) is 10.2. The lowest BCUT2D eigenvalue weighted by molar-refractivity contribution is -0.116. The lowest BCUT2D eigenvalue weighted by Gasteiger charge is -2.13. The summed E-state index contributed by atoms with van der Waals surface area (Å²) >= 11 is 0. The zero-order chi connectivity index (χ0) is 14.9. The quantitative estimate of drug-likeness (QED) is 0.617. The van der Waals surface area contributed by atoms with Gasteiger partial charge in [0, 0.05) is 12.6 Å². The van der Waals surface area contributed by atoms with E-state index in [0.29, 0.717) is 0 Å². The highest BCUT2D eigenvalue weighted by molar-refractivity contribution is 5.91. The molecule has 0 radical (unpaired) electrons. The number of amides is 1. The maximum absolute atomic E-state index is 11.7. The molecule has 0 unspecified atom stereocenters. The number of hydrogen-bond donors (Lipinski definition) is 1. The normalized spacial score (nSPS) is 15.7. The van der Waals surface area contributed by atoms with Crippen molar-refractivity contribution in [2.75, 3.05) is 26.2 Å². The van der Waals surface area contributed by atoms with Gasteiger partial charge in [0.2, 0.25) is 5.91 Å². The third kappa shape index (κ3) is 6.13. The Bertz CT molecular complexity index is 459. The number of unbranched alkanes of at least 4 members (excludes halogenated alkanes) is 1. The number of nitrogens with one attached hydrogen (secondary N) is 1. The number of nitrogens with zero attached hydrogens (tertiary/aromatic N) is 1. The molecule has 0 aliphatic carbocycles. The fourth-order valence-electron chi connectivity index (χ4n) is 2.59. The number of carbonyl (C=O) groups is 1. The van der Waals surface area contributed by atoms with Gasteiger partial charge in [-0.25, -0.2) is 0 Å². The minimum absolute atomic E-state index is 0.00301. The maximum atomic E-state index is 11.7. The van der Waals surface area contributed by atoms with Crippen molar-refractivity contribution in [3.05, 3.63) is 41.5 Å². The van der Waals surface area contributed by atoms with Crippen molar-refractivity contribution in [3.8, 4) is 0 Å². The van der Waals surface area contributed by atoms with E-state index < -0.39 is 0 Å². The second-order valence-electron chi connectivity index (χ2n) is 5.79. The molecule has 1 aromatic rings. The predicted octanol–water partition coefficient (Wildman–Crippen LogP) is 3.00. The Labute approximate surface area is 128 Å². The topological polar surface area (TPSA) is 32.3 Å². The van der Waals surface area contributed by atoms with Crippen molar-refractivity contribution in [1.82, 2.24) is 10.2 Å². The van der Waals surface area contributed by atoms with Crippen LogP contribution in [0.1, 0.15) is 36.8 Å². The zero-order valence-electron chi connectivity index (χ0n) is 13.0. The van der Waals surface area contributed by atoms with E-state index in [1.165, 1.54) is 44.5 Å². The summed E-state index contributed by atoms with van der Waals surface area (Å²) in [6.07, 6.45) is 8.40. The molecule has 1 saturated heterocycles. The molecule has 0 saturated carbocycles. The second-order valence-corrected chi connectivity index (χ2v) is 5.79. The smallest absolute Gasteiger partial charge is 0.243 e. The molecule has 1 amide bonds. The molecule has 3 nitrogen and oxygen atoms in total. The Morgan fingerprint density at radius 1 is 1.19 bits per heavy atom. The van der Waals surface area contributed by atoms with Crippen molar-refractivity contribution in [2.24, 2.45) is 0 Å². The molecule has 21 heavy (non-hydrogen) atoms. The maximum Gasteiger partial charge on any atom is 0.243 e. The van der Waals surface area contributed by atoms with E-state index >= 15 is 0 Å². The van der Waals surface area contributed by atoms with E-state index in [-0.39, 0.29) is 5.91 Å². The van der Waals surface area contributed by atoms with Gasteiger partial charge in [-0.2, -0.15) is 0 Å². The Morgan fingerprint density at radius 3 is 2.62 bits per heavy atom. The molecule has 0 atom stereocenters. The minimum atomic E-state index is -0.00301. The van der Waals surface area contributed by atoms with E-state index in [2.05, 4.69) is 29.3 Å². The highest BCUT2D eigenvalue weighted by atomic mass is 16.1. The summed E-state index contributed by atoms with van der Waals surface area (Å²) in [5.41, 5.74) is 2.29. The van der Waals surface area contributed by atoms with Crippen LogP contribution in [-0.2, 0) is 4.79 Å². The summed E-state index contributed by atoms with van der Waals surface area (Å²) in [6, 6.07) is 8.15. The summed E-state index contributed by atoms with van der Waals surface area (Å²) in [6.45, 7) is 6.51. The fraction of sp³-hybridized carbons (Fsp3) is 0.500. The van der Waals surface area contributed by atoms with Gasteiger partial charge in [0.05, 0.1) is 0 Å². The Hall–Kier alpha value is -1.61. The van der Waals surface area contributed by atoms with Crippen molar-refractivity contribution in [2.45, 2.75) is 32.6 Å². The first kappa shape index (κ1) is 15.8. The van der Waals surface area contributed by atoms with Gasteiger partial charge in [-0.05, 0) is 63.9 Å². The van der Waals surface area contributed by atoms with Crippen LogP contribution in [0.3, 0.4) is 0 Å². The molecular formula is C18H26N2O. The summed E-state index contributed by atoms with van der Waals surface area (Å²) < 4.78 is 0. The van der Waals surface area contributed by atoms with Gasteiger partial charge in [-0.1, -0.05) is 29.8 Å². The van der Waals surface area contributed by atoms with Gasteiger partial charge in [0.25, 0.3) is 0 Å². The van der Waals surface area contributed by atoms with Gasteiger partial charge in [0.1, 0.15) is 0 Å². The molecule has 114 valence electrons. The first-order valence-electron chi connectivity index (χ1n) is 7.99. The standard InChI is InChI=1S/C18H26N2O/c1-16-6-8-17(9-7-16)10-11-18(21)19-12-2-3-13-20-14-4-5-15-20/h6-11H,2-5,12-15H2,1H3,(H,19,21)/b11-10+. The molecular weight excluding hydrogens is 260 g/mol. The molecule has 1 aliphatic heterocycles. The Kier molecular flexibility index (Phi) is 6.48. The summed E-state index contributed by atoms with van der Waals surface area (Å²) in [5, 5.41) is 2.95. The van der Waals surface area contributed by atoms with Crippen LogP contribution in [0, 0.1) is 6.92 Å². The lowest BCUT2D eigenvalue weighted by atomic mass is 10.1. The van der Waals surface area contributed by atoms with Crippen LogP contribution in [0.2, 0.25) is 0 Å². The fourth-order valence-corrected chi connectivity index (χ4v) is 2.59. The average molecular weight is 286 g/mol. The zero-order valence-corrected chi connectivity index (χ0v) is 13.0. The van der Waals surface area contributed by atoms with Crippen LogP contribution in [0.15, 0.2) is 30.3 Å². The van der Waals surface area contributed by atoms with Gasteiger partial charge >= 0.3 is 0 Å². The SMILES string of the molecule is Cc1ccc(/C=C/C(=O)NCCCCN2CCCC2)cc1. The van der Waals surface area contributed by atoms with Crippen molar-refractivity contribution >= 4 is 12.0 Å². The molecule has 1 fully saturated rings. The second kappa shape index (κ2) is 8.63. The molecule has 1 N–H and O–H groups in total. The molecule has 0 aromatic heterocycles. The number of hydrogen-bond acceptors (Lipinski definition) is 2. The first-order valence-corrected chi connectivity index (χ1v) is 7.99. The van der Waals surface area contributed by atoms with E-state index in [4.69, 9.17) is 0 Å². The van der Waals surface area contributed by atoms with Gasteiger partial charge < -0.3 is 10.2 Å². The number of likely N-dealkylation sites (tertiary alicyclic amines) is 1. The van der Waals surface area contributed by atoms with E-state index in [9.17, 15) is 4.79 Å². The Balaban J connectivity index is 1.57. The van der Waals surface area contributed by atoms with E-state index in [1.807, 2.05) is 18.2 Å². The van der Waals surface area contributed by atoms with Crippen LogP contribution in [0.25, 0.3) is 6.08 Å². The molecule has 2 rings (SSSR count). The molecule has 0 bridgehead atoms. The third-order valence-corrected chi connectivity index (χ3v) is 3.90. The van der Waals surface area contributed by atoms with Gasteiger partial charge in [-0.15, -0.1) is 0 Å². The molecule has 0 spiro atoms. The van der Waals surface area contributed by atoms with Crippen LogP contribution in [-0.4, -0.2) is 37.0 Å². The summed E-state index contributed by atoms with van der Waals surface area (Å²) in [5.74, 6) is -0.00301.